The van der Waals surface area contributed by atoms with E-state index in [2.05, 4.69) is 9.97 Å². The predicted molar refractivity (Wildman–Crippen MR) is 55.6 cm³/mol. The molecule has 1 aromatic heterocycles. The van der Waals surface area contributed by atoms with Crippen LogP contribution in [0.25, 0.3) is 0 Å². The smallest absolute Gasteiger partial charge is 0.243 e. The van der Waals surface area contributed by atoms with Gasteiger partial charge in [0.1, 0.15) is 0 Å². The first kappa shape index (κ1) is 10.6. The summed E-state index contributed by atoms with van der Waals surface area (Å²) in [6, 6.07) is 1.68. The first-order valence-corrected chi connectivity index (χ1v) is 5.14. The summed E-state index contributed by atoms with van der Waals surface area (Å²) < 4.78 is -1.01. The molecule has 0 saturated heterocycles. The van der Waals surface area contributed by atoms with Crippen molar-refractivity contribution in [2.75, 3.05) is 0 Å². The van der Waals surface area contributed by atoms with Crippen molar-refractivity contribution in [3.8, 4) is 0 Å². The average Bonchev–Trinajstić information content (AvgIpc) is 1.82. The molecule has 1 N–H and O–H groups in total. The molecule has 1 aromatic rings. The molecule has 0 spiro atoms. The van der Waals surface area contributed by atoms with Crippen LogP contribution in [-0.2, 0) is 0 Å². The van der Waals surface area contributed by atoms with Gasteiger partial charge in [-0.25, -0.2) is 4.98 Å². The van der Waals surface area contributed by atoms with Gasteiger partial charge in [-0.1, -0.05) is 46.6 Å². The van der Waals surface area contributed by atoms with Crippen LogP contribution in [0, 0.1) is 4.77 Å². The predicted octanol–water partition coefficient (Wildman–Crippen LogP) is 3.56. The number of thioether (sulfide) groups is 1. The molecule has 0 radical (unpaired) electrons. The zero-order chi connectivity index (χ0) is 9.19. The van der Waals surface area contributed by atoms with E-state index < -0.39 is 3.12 Å². The first-order chi connectivity index (χ1) is 5.47. The Bertz CT molecular complexity index is 319. The Hall–Kier alpha value is 0.520. The Balaban J connectivity index is 2.84. The molecule has 0 aliphatic carbocycles. The van der Waals surface area contributed by atoms with Crippen molar-refractivity contribution in [2.24, 2.45) is 0 Å². The maximum absolute atomic E-state index is 5.54. The molecule has 0 aliphatic rings. The lowest BCUT2D eigenvalue weighted by Gasteiger charge is -2.08. The molecule has 7 heteroatoms. The molecule has 0 aliphatic heterocycles. The van der Waals surface area contributed by atoms with Crippen molar-refractivity contribution in [3.63, 3.8) is 0 Å². The Labute approximate surface area is 93.6 Å². The highest BCUT2D eigenvalue weighted by Crippen LogP contribution is 2.42. The van der Waals surface area contributed by atoms with Crippen LogP contribution >= 0.6 is 58.8 Å². The van der Waals surface area contributed by atoms with Gasteiger partial charge in [0.25, 0.3) is 0 Å². The minimum absolute atomic E-state index is 0.370. The molecule has 2 nitrogen and oxygen atoms in total. The number of nitrogens with one attached hydrogen (secondary N) is 1. The fourth-order valence-electron chi connectivity index (χ4n) is 0.536. The largest absolute Gasteiger partial charge is 0.325 e. The standard InChI is InChI=1S/C5H3Cl3N2S2/c6-5(7,8)12-3-1-2-9-4(11)10-3/h1-2H,(H,9,10,11). The molecular weight excluding hydrogens is 259 g/mol. The first-order valence-electron chi connectivity index (χ1n) is 2.78. The van der Waals surface area contributed by atoms with E-state index in [0.29, 0.717) is 9.80 Å². The number of nitrogens with zero attached hydrogens (tertiary/aromatic N) is 1. The molecule has 0 saturated carbocycles. The number of halogens is 3. The Kier molecular flexibility index (Phi) is 3.67. The lowest BCUT2D eigenvalue weighted by atomic mass is 10.7. The minimum Gasteiger partial charge on any atom is -0.325 e. The van der Waals surface area contributed by atoms with Gasteiger partial charge in [-0.05, 0) is 18.3 Å². The molecule has 0 atom stereocenters. The topological polar surface area (TPSA) is 28.7 Å². The zero-order valence-corrected chi connectivity index (χ0v) is 9.45. The van der Waals surface area contributed by atoms with Crippen molar-refractivity contribution in [1.82, 2.24) is 9.97 Å². The van der Waals surface area contributed by atoms with E-state index in [1.165, 1.54) is 0 Å². The van der Waals surface area contributed by atoms with Crippen molar-refractivity contribution in [1.29, 1.82) is 0 Å². The van der Waals surface area contributed by atoms with Crippen molar-refractivity contribution in [2.45, 2.75) is 8.15 Å². The summed E-state index contributed by atoms with van der Waals surface area (Å²) in [6.07, 6.45) is 1.55. The van der Waals surface area contributed by atoms with Gasteiger partial charge in [-0.2, -0.15) is 0 Å². The third-order valence-corrected chi connectivity index (χ3v) is 2.46. The minimum atomic E-state index is -1.38. The van der Waals surface area contributed by atoms with Gasteiger partial charge >= 0.3 is 0 Å². The zero-order valence-electron chi connectivity index (χ0n) is 5.55. The van der Waals surface area contributed by atoms with Crippen LogP contribution in [0.1, 0.15) is 0 Å². The van der Waals surface area contributed by atoms with Crippen molar-refractivity contribution < 1.29 is 0 Å². The molecule has 1 heterocycles. The number of H-pyrrole nitrogens is 1. The fourth-order valence-corrected chi connectivity index (χ4v) is 2.05. The van der Waals surface area contributed by atoms with Crippen molar-refractivity contribution in [3.05, 3.63) is 17.0 Å². The summed E-state index contributed by atoms with van der Waals surface area (Å²) in [5.41, 5.74) is 0. The summed E-state index contributed by atoms with van der Waals surface area (Å²) in [4.78, 5) is 6.56. The van der Waals surface area contributed by atoms with Gasteiger partial charge < -0.3 is 4.98 Å². The summed E-state index contributed by atoms with van der Waals surface area (Å²) in [5.74, 6) is 0. The molecule has 1 rings (SSSR count). The van der Waals surface area contributed by atoms with E-state index in [1.807, 2.05) is 0 Å². The quantitative estimate of drug-likeness (QED) is 0.363. The lowest BCUT2D eigenvalue weighted by molar-refractivity contribution is 1.02. The van der Waals surface area contributed by atoms with E-state index in [-0.39, 0.29) is 0 Å². The van der Waals surface area contributed by atoms with Crippen LogP contribution in [0.3, 0.4) is 0 Å². The van der Waals surface area contributed by atoms with Gasteiger partial charge in [0, 0.05) is 6.20 Å². The summed E-state index contributed by atoms with van der Waals surface area (Å²) >= 11 is 22.4. The Morgan fingerprint density at radius 1 is 1.50 bits per heavy atom. The molecule has 0 fully saturated rings. The number of alkyl halides is 3. The van der Waals surface area contributed by atoms with Gasteiger partial charge in [0.05, 0.1) is 5.03 Å². The highest BCUT2D eigenvalue weighted by atomic mass is 35.6. The fraction of sp³-hybridized carbons (Fsp3) is 0.200. The second-order valence-corrected chi connectivity index (χ2v) is 6.38. The maximum Gasteiger partial charge on any atom is 0.243 e. The number of hydrogen-bond donors (Lipinski definition) is 1. The average molecular weight is 262 g/mol. The normalized spacial score (nSPS) is 11.6. The van der Waals surface area contributed by atoms with Crippen LogP contribution in [-0.4, -0.2) is 13.1 Å². The molecule has 0 unspecified atom stereocenters. The van der Waals surface area contributed by atoms with Crippen LogP contribution in [0.5, 0.6) is 0 Å². The Morgan fingerprint density at radius 3 is 2.67 bits per heavy atom. The van der Waals surface area contributed by atoms with E-state index in [0.717, 1.165) is 11.8 Å². The molecule has 0 amide bonds. The maximum atomic E-state index is 5.54. The third-order valence-electron chi connectivity index (χ3n) is 0.874. The summed E-state index contributed by atoms with van der Waals surface area (Å²) in [5, 5.41) is 0.676. The van der Waals surface area contributed by atoms with Gasteiger partial charge in [-0.15, -0.1) is 0 Å². The van der Waals surface area contributed by atoms with Gasteiger partial charge in [-0.3, -0.25) is 0 Å². The van der Waals surface area contributed by atoms with E-state index in [1.54, 1.807) is 12.3 Å². The Morgan fingerprint density at radius 2 is 2.17 bits per heavy atom. The van der Waals surface area contributed by atoms with E-state index in [4.69, 9.17) is 47.0 Å². The SMILES string of the molecule is S=c1nccc(SC(Cl)(Cl)Cl)[nH]1. The van der Waals surface area contributed by atoms with Crippen LogP contribution < -0.4 is 0 Å². The number of aromatic nitrogens is 2. The summed E-state index contributed by atoms with van der Waals surface area (Å²) in [6.45, 7) is 0. The monoisotopic (exact) mass is 260 g/mol. The molecular formula is C5H3Cl3N2S2. The van der Waals surface area contributed by atoms with Gasteiger partial charge in [0.2, 0.25) is 3.12 Å². The summed E-state index contributed by atoms with van der Waals surface area (Å²) in [7, 11) is 0. The molecule has 66 valence electrons. The third kappa shape index (κ3) is 3.96. The lowest BCUT2D eigenvalue weighted by Crippen LogP contribution is -1.95. The number of rotatable bonds is 1. The van der Waals surface area contributed by atoms with E-state index >= 15 is 0 Å². The van der Waals surface area contributed by atoms with Crippen molar-refractivity contribution >= 4 is 58.8 Å². The highest BCUT2D eigenvalue weighted by molar-refractivity contribution is 8.04. The van der Waals surface area contributed by atoms with Crippen LogP contribution in [0.2, 0.25) is 0 Å². The van der Waals surface area contributed by atoms with E-state index in [9.17, 15) is 0 Å². The number of aromatic amines is 1. The molecule has 0 bridgehead atoms. The second-order valence-electron chi connectivity index (χ2n) is 1.79. The number of hydrogen-bond acceptors (Lipinski definition) is 3. The molecule has 0 aromatic carbocycles. The van der Waals surface area contributed by atoms with Gasteiger partial charge in [0.15, 0.2) is 4.77 Å². The second kappa shape index (κ2) is 4.15. The highest BCUT2D eigenvalue weighted by Gasteiger charge is 2.21. The van der Waals surface area contributed by atoms with Crippen LogP contribution in [0.15, 0.2) is 17.3 Å². The van der Waals surface area contributed by atoms with Crippen LogP contribution in [0.4, 0.5) is 0 Å². The molecule has 12 heavy (non-hydrogen) atoms.